The van der Waals surface area contributed by atoms with Crippen LogP contribution < -0.4 is 16.6 Å². The van der Waals surface area contributed by atoms with Gasteiger partial charge in [-0.2, -0.15) is 9.40 Å². The SMILES string of the molecule is Cc1ccc(NC(=O)Cn2ncc(Cl)c(Cl)c2=O)cc1S(=O)(=O)N1CCCCC1C(N)=O. The van der Waals surface area contributed by atoms with Gasteiger partial charge in [-0.05, 0) is 37.5 Å². The number of primary amides is 1. The van der Waals surface area contributed by atoms with E-state index < -0.39 is 40.0 Å². The Bertz CT molecular complexity index is 1230. The third-order valence-electron chi connectivity index (χ3n) is 5.08. The minimum absolute atomic E-state index is 0.0336. The van der Waals surface area contributed by atoms with Crippen LogP contribution in [0.5, 0.6) is 0 Å². The summed E-state index contributed by atoms with van der Waals surface area (Å²) in [7, 11) is -4.04. The first-order chi connectivity index (χ1) is 15.0. The van der Waals surface area contributed by atoms with Gasteiger partial charge in [0, 0.05) is 12.2 Å². The Morgan fingerprint density at radius 3 is 2.69 bits per heavy atom. The van der Waals surface area contributed by atoms with Crippen molar-refractivity contribution in [2.24, 2.45) is 5.73 Å². The van der Waals surface area contributed by atoms with Crippen LogP contribution in [0, 0.1) is 6.92 Å². The molecule has 1 unspecified atom stereocenters. The Morgan fingerprint density at radius 1 is 1.28 bits per heavy atom. The molecule has 1 atom stereocenters. The number of piperidine rings is 1. The van der Waals surface area contributed by atoms with Gasteiger partial charge in [0.15, 0.2) is 0 Å². The van der Waals surface area contributed by atoms with E-state index >= 15 is 0 Å². The topological polar surface area (TPSA) is 144 Å². The predicted octanol–water partition coefficient (Wildman–Crippen LogP) is 1.53. The van der Waals surface area contributed by atoms with Gasteiger partial charge >= 0.3 is 0 Å². The zero-order chi connectivity index (χ0) is 23.6. The smallest absolute Gasteiger partial charge is 0.287 e. The van der Waals surface area contributed by atoms with Gasteiger partial charge in [-0.25, -0.2) is 13.1 Å². The first-order valence-corrected chi connectivity index (χ1v) is 11.8. The molecule has 2 heterocycles. The number of sulfonamides is 1. The molecule has 1 aliphatic rings. The van der Waals surface area contributed by atoms with Crippen molar-refractivity contribution in [1.29, 1.82) is 0 Å². The van der Waals surface area contributed by atoms with Gasteiger partial charge in [-0.15, -0.1) is 0 Å². The first-order valence-electron chi connectivity index (χ1n) is 9.65. The highest BCUT2D eigenvalue weighted by Gasteiger charge is 2.37. The highest BCUT2D eigenvalue weighted by molar-refractivity contribution is 7.89. The van der Waals surface area contributed by atoms with Crippen LogP contribution in [0.4, 0.5) is 5.69 Å². The van der Waals surface area contributed by atoms with Crippen LogP contribution in [-0.2, 0) is 26.2 Å². The molecule has 13 heteroatoms. The van der Waals surface area contributed by atoms with Crippen LogP contribution in [0.25, 0.3) is 0 Å². The lowest BCUT2D eigenvalue weighted by molar-refractivity contribution is -0.122. The maximum absolute atomic E-state index is 13.3. The van der Waals surface area contributed by atoms with Gasteiger partial charge in [0.1, 0.15) is 17.6 Å². The summed E-state index contributed by atoms with van der Waals surface area (Å²) in [4.78, 5) is 36.2. The molecule has 10 nitrogen and oxygen atoms in total. The summed E-state index contributed by atoms with van der Waals surface area (Å²) < 4.78 is 28.5. The van der Waals surface area contributed by atoms with Crippen LogP contribution in [0.2, 0.25) is 10.0 Å². The van der Waals surface area contributed by atoms with Crippen molar-refractivity contribution in [2.75, 3.05) is 11.9 Å². The Labute approximate surface area is 194 Å². The number of nitrogens with two attached hydrogens (primary N) is 1. The quantitative estimate of drug-likeness (QED) is 0.613. The molecule has 32 heavy (non-hydrogen) atoms. The number of hydrogen-bond acceptors (Lipinski definition) is 6. The lowest BCUT2D eigenvalue weighted by atomic mass is 10.0. The molecule has 0 bridgehead atoms. The molecule has 2 amide bonds. The number of rotatable bonds is 6. The Balaban J connectivity index is 1.85. The fraction of sp³-hybridized carbons (Fsp3) is 0.368. The number of aromatic nitrogens is 2. The van der Waals surface area contributed by atoms with Gasteiger partial charge in [-0.3, -0.25) is 14.4 Å². The van der Waals surface area contributed by atoms with E-state index in [-0.39, 0.29) is 27.2 Å². The van der Waals surface area contributed by atoms with Crippen molar-refractivity contribution in [3.05, 3.63) is 50.4 Å². The lowest BCUT2D eigenvalue weighted by Crippen LogP contribution is -2.50. The molecular weight excluding hydrogens is 481 g/mol. The summed E-state index contributed by atoms with van der Waals surface area (Å²) in [6, 6.07) is 3.45. The zero-order valence-electron chi connectivity index (χ0n) is 17.0. The molecule has 0 radical (unpaired) electrons. The molecule has 0 aliphatic carbocycles. The number of benzene rings is 1. The predicted molar refractivity (Wildman–Crippen MR) is 119 cm³/mol. The molecule has 0 saturated carbocycles. The number of hydrogen-bond donors (Lipinski definition) is 2. The highest BCUT2D eigenvalue weighted by Crippen LogP contribution is 2.29. The Hall–Kier alpha value is -2.47. The Kier molecular flexibility index (Phi) is 7.23. The van der Waals surface area contributed by atoms with Gasteiger partial charge < -0.3 is 11.1 Å². The normalized spacial score (nSPS) is 17.2. The average Bonchev–Trinajstić information content (AvgIpc) is 2.75. The summed E-state index contributed by atoms with van der Waals surface area (Å²) >= 11 is 11.5. The number of nitrogens with one attached hydrogen (secondary N) is 1. The van der Waals surface area contributed by atoms with E-state index in [0.29, 0.717) is 24.8 Å². The number of amides is 2. The molecular formula is C19H21Cl2N5O5S. The second-order valence-corrected chi connectivity index (χ2v) is 9.97. The maximum atomic E-state index is 13.3. The van der Waals surface area contributed by atoms with Crippen molar-refractivity contribution in [2.45, 2.75) is 43.7 Å². The molecule has 3 N–H and O–H groups in total. The van der Waals surface area contributed by atoms with Crippen LogP contribution in [0.1, 0.15) is 24.8 Å². The molecule has 1 aromatic carbocycles. The number of nitrogens with zero attached hydrogens (tertiary/aromatic N) is 3. The summed E-state index contributed by atoms with van der Waals surface area (Å²) in [5.41, 5.74) is 5.32. The molecule has 1 aromatic heterocycles. The fourth-order valence-corrected chi connectivity index (χ4v) is 5.64. The first kappa shape index (κ1) is 24.2. The second kappa shape index (κ2) is 9.57. The van der Waals surface area contributed by atoms with E-state index in [9.17, 15) is 22.8 Å². The van der Waals surface area contributed by atoms with Gasteiger partial charge in [0.25, 0.3) is 5.56 Å². The van der Waals surface area contributed by atoms with Crippen molar-refractivity contribution in [3.63, 3.8) is 0 Å². The van der Waals surface area contributed by atoms with Gasteiger partial charge in [-0.1, -0.05) is 35.7 Å². The zero-order valence-corrected chi connectivity index (χ0v) is 19.4. The molecule has 3 rings (SSSR count). The van der Waals surface area contributed by atoms with Crippen LogP contribution in [-0.4, -0.2) is 46.9 Å². The highest BCUT2D eigenvalue weighted by atomic mass is 35.5. The van der Waals surface area contributed by atoms with E-state index in [0.717, 1.165) is 15.2 Å². The summed E-state index contributed by atoms with van der Waals surface area (Å²) in [5, 5.41) is 6.00. The number of anilines is 1. The van der Waals surface area contributed by atoms with Gasteiger partial charge in [0.2, 0.25) is 21.8 Å². The summed E-state index contributed by atoms with van der Waals surface area (Å²) in [6.45, 7) is 1.33. The van der Waals surface area contributed by atoms with Crippen molar-refractivity contribution >= 4 is 50.7 Å². The molecule has 1 aliphatic heterocycles. The molecule has 1 fully saturated rings. The van der Waals surface area contributed by atoms with E-state index in [1.54, 1.807) is 6.92 Å². The van der Waals surface area contributed by atoms with Crippen LogP contribution in [0.3, 0.4) is 0 Å². The Morgan fingerprint density at radius 2 is 2.00 bits per heavy atom. The van der Waals surface area contributed by atoms with E-state index in [1.807, 2.05) is 0 Å². The van der Waals surface area contributed by atoms with Crippen molar-refractivity contribution in [1.82, 2.24) is 14.1 Å². The molecule has 0 spiro atoms. The third kappa shape index (κ3) is 4.96. The number of aryl methyl sites for hydroxylation is 1. The standard InChI is InChI=1S/C19H21Cl2N5O5S/c1-11-5-6-12(24-16(27)10-25-19(29)17(21)13(20)9-23-25)8-15(11)32(30,31)26-7-3-2-4-14(26)18(22)28/h5-6,8-9,14H,2-4,7,10H2,1H3,(H2,22,28)(H,24,27). The lowest BCUT2D eigenvalue weighted by Gasteiger charge is -2.33. The monoisotopic (exact) mass is 501 g/mol. The molecule has 2 aromatic rings. The second-order valence-electron chi connectivity index (χ2n) is 7.33. The minimum Gasteiger partial charge on any atom is -0.368 e. The van der Waals surface area contributed by atoms with Crippen molar-refractivity contribution in [3.8, 4) is 0 Å². The molecule has 1 saturated heterocycles. The van der Waals surface area contributed by atoms with E-state index in [2.05, 4.69) is 10.4 Å². The van der Waals surface area contributed by atoms with Crippen LogP contribution >= 0.6 is 23.2 Å². The minimum atomic E-state index is -4.04. The third-order valence-corrected chi connectivity index (χ3v) is 7.88. The fourth-order valence-electron chi connectivity index (χ4n) is 3.45. The largest absolute Gasteiger partial charge is 0.368 e. The van der Waals surface area contributed by atoms with Gasteiger partial charge in [0.05, 0.1) is 16.1 Å². The average molecular weight is 502 g/mol. The van der Waals surface area contributed by atoms with Crippen LogP contribution in [0.15, 0.2) is 34.1 Å². The van der Waals surface area contributed by atoms with Crippen molar-refractivity contribution < 1.29 is 18.0 Å². The summed E-state index contributed by atoms with van der Waals surface area (Å²) in [5.74, 6) is -1.33. The van der Waals surface area contributed by atoms with E-state index in [4.69, 9.17) is 28.9 Å². The molecule has 172 valence electrons. The number of carbonyl (C=O) groups is 2. The van der Waals surface area contributed by atoms with E-state index in [1.165, 1.54) is 18.2 Å². The number of carbonyl (C=O) groups excluding carboxylic acids is 2. The number of halogens is 2. The summed E-state index contributed by atoms with van der Waals surface area (Å²) in [6.07, 6.45) is 2.82. The maximum Gasteiger partial charge on any atom is 0.287 e.